The zero-order chi connectivity index (χ0) is 19.4. The van der Waals surface area contributed by atoms with Crippen LogP contribution in [0.3, 0.4) is 0 Å². The third-order valence-electron chi connectivity index (χ3n) is 5.27. The van der Waals surface area contributed by atoms with Crippen molar-refractivity contribution < 1.29 is 12.6 Å². The van der Waals surface area contributed by atoms with Crippen molar-refractivity contribution >= 4 is 30.1 Å². The first-order valence-corrected chi connectivity index (χ1v) is 12.7. The first-order chi connectivity index (χ1) is 12.9. The SMILES string of the molecule is Cc1ccc(S(=O)(=O)N2C[C@H](C)[C@@H](c3ccccc3)C[C@H]2COSP)cc1. The van der Waals surface area contributed by atoms with Crippen LogP contribution in [0, 0.1) is 12.8 Å². The van der Waals surface area contributed by atoms with Crippen LogP contribution >= 0.6 is 20.1 Å². The van der Waals surface area contributed by atoms with Crippen LogP contribution in [0.25, 0.3) is 0 Å². The maximum atomic E-state index is 13.3. The third-order valence-corrected chi connectivity index (χ3v) is 7.88. The van der Waals surface area contributed by atoms with Gasteiger partial charge in [0.15, 0.2) is 0 Å². The molecule has 1 aliphatic rings. The van der Waals surface area contributed by atoms with E-state index in [-0.39, 0.29) is 12.0 Å². The molecule has 0 spiro atoms. The number of benzene rings is 2. The Morgan fingerprint density at radius 1 is 1.15 bits per heavy atom. The lowest BCUT2D eigenvalue weighted by atomic mass is 9.79. The van der Waals surface area contributed by atoms with Crippen molar-refractivity contribution in [3.63, 3.8) is 0 Å². The summed E-state index contributed by atoms with van der Waals surface area (Å²) in [7, 11) is -1.11. The fourth-order valence-corrected chi connectivity index (χ4v) is 5.97. The minimum Gasteiger partial charge on any atom is -0.310 e. The number of hydrogen-bond donors (Lipinski definition) is 0. The van der Waals surface area contributed by atoms with Gasteiger partial charge in [-0.1, -0.05) is 55.0 Å². The number of nitrogens with zero attached hydrogens (tertiary/aromatic N) is 1. The average molecular weight is 424 g/mol. The second kappa shape index (κ2) is 9.06. The van der Waals surface area contributed by atoms with Gasteiger partial charge in [-0.05, 0) is 51.3 Å². The molecule has 1 fully saturated rings. The molecule has 4 nitrogen and oxygen atoms in total. The molecule has 0 radical (unpaired) electrons. The van der Waals surface area contributed by atoms with Crippen LogP contribution in [0.1, 0.15) is 30.4 Å². The van der Waals surface area contributed by atoms with E-state index < -0.39 is 10.0 Å². The van der Waals surface area contributed by atoms with Gasteiger partial charge in [-0.25, -0.2) is 8.42 Å². The highest BCUT2D eigenvalue weighted by atomic mass is 32.7. The highest BCUT2D eigenvalue weighted by Gasteiger charge is 2.40. The van der Waals surface area contributed by atoms with E-state index in [2.05, 4.69) is 27.5 Å². The predicted molar refractivity (Wildman–Crippen MR) is 115 cm³/mol. The highest BCUT2D eigenvalue weighted by molar-refractivity contribution is 8.40. The summed E-state index contributed by atoms with van der Waals surface area (Å²) < 4.78 is 33.8. The quantitative estimate of drug-likeness (QED) is 0.502. The number of aryl methyl sites for hydroxylation is 1. The zero-order valence-corrected chi connectivity index (χ0v) is 18.4. The summed E-state index contributed by atoms with van der Waals surface area (Å²) in [4.78, 5) is 0.349. The van der Waals surface area contributed by atoms with E-state index in [1.54, 1.807) is 16.4 Å². The van der Waals surface area contributed by atoms with Crippen molar-refractivity contribution in [2.24, 2.45) is 5.92 Å². The van der Waals surface area contributed by atoms with Crippen LogP contribution in [0.2, 0.25) is 0 Å². The Morgan fingerprint density at radius 2 is 1.81 bits per heavy atom. The number of sulfonamides is 1. The lowest BCUT2D eigenvalue weighted by Gasteiger charge is -2.42. The van der Waals surface area contributed by atoms with Gasteiger partial charge in [-0.2, -0.15) is 4.31 Å². The van der Waals surface area contributed by atoms with Gasteiger partial charge in [-0.15, -0.1) is 0 Å². The van der Waals surface area contributed by atoms with Crippen molar-refractivity contribution in [3.8, 4) is 0 Å². The van der Waals surface area contributed by atoms with Crippen LogP contribution in [0.15, 0.2) is 59.5 Å². The van der Waals surface area contributed by atoms with Gasteiger partial charge in [0, 0.05) is 18.2 Å². The molecular weight excluding hydrogens is 397 g/mol. The Balaban J connectivity index is 1.90. The number of hydrogen-bond acceptors (Lipinski definition) is 4. The van der Waals surface area contributed by atoms with Gasteiger partial charge in [0.1, 0.15) is 0 Å². The first-order valence-electron chi connectivity index (χ1n) is 9.05. The minimum atomic E-state index is -3.56. The average Bonchev–Trinajstić information content (AvgIpc) is 2.67. The molecule has 2 aromatic carbocycles. The largest absolute Gasteiger partial charge is 0.310 e. The Morgan fingerprint density at radius 3 is 2.44 bits per heavy atom. The number of piperidine rings is 1. The van der Waals surface area contributed by atoms with Crippen LogP contribution in [-0.4, -0.2) is 31.9 Å². The van der Waals surface area contributed by atoms with Crippen molar-refractivity contribution in [1.29, 1.82) is 0 Å². The molecule has 27 heavy (non-hydrogen) atoms. The van der Waals surface area contributed by atoms with E-state index in [1.165, 1.54) is 17.2 Å². The molecule has 1 unspecified atom stereocenters. The fourth-order valence-electron chi connectivity index (χ4n) is 3.78. The fraction of sp³-hybridized carbons (Fsp3) is 0.400. The van der Waals surface area contributed by atoms with E-state index in [9.17, 15) is 8.42 Å². The van der Waals surface area contributed by atoms with Gasteiger partial charge in [0.25, 0.3) is 0 Å². The third kappa shape index (κ3) is 4.75. The topological polar surface area (TPSA) is 46.6 Å². The summed E-state index contributed by atoms with van der Waals surface area (Å²) >= 11 is 1.20. The van der Waals surface area contributed by atoms with Gasteiger partial charge in [-0.3, -0.25) is 0 Å². The second-order valence-electron chi connectivity index (χ2n) is 7.15. The molecule has 2 aromatic rings. The smallest absolute Gasteiger partial charge is 0.243 e. The Kier molecular flexibility index (Phi) is 6.98. The van der Waals surface area contributed by atoms with E-state index in [4.69, 9.17) is 4.18 Å². The molecular formula is C20H26NO3PS2. The van der Waals surface area contributed by atoms with E-state index >= 15 is 0 Å². The number of rotatable bonds is 6. The van der Waals surface area contributed by atoms with Crippen molar-refractivity contribution in [1.82, 2.24) is 4.31 Å². The van der Waals surface area contributed by atoms with Crippen LogP contribution < -0.4 is 0 Å². The lowest BCUT2D eigenvalue weighted by molar-refractivity contribution is 0.138. The van der Waals surface area contributed by atoms with Crippen molar-refractivity contribution in [3.05, 3.63) is 65.7 Å². The molecule has 1 heterocycles. The predicted octanol–water partition coefficient (Wildman–Crippen LogP) is 4.63. The molecule has 0 amide bonds. The van der Waals surface area contributed by atoms with Crippen molar-refractivity contribution in [2.75, 3.05) is 13.2 Å². The maximum absolute atomic E-state index is 13.3. The summed E-state index contributed by atoms with van der Waals surface area (Å²) in [6.07, 6.45) is 0.751. The standard InChI is InChI=1S/C20H26NO3PS2/c1-15-8-10-19(11-9-15)27(22,23)21-13-16(2)20(12-18(21)14-24-26-25)17-6-4-3-5-7-17/h3-11,16,18,20H,12-14,25H2,1-2H3/t16-,18-,20-/m0/s1. The van der Waals surface area contributed by atoms with Crippen LogP contribution in [0.5, 0.6) is 0 Å². The molecule has 1 aliphatic heterocycles. The maximum Gasteiger partial charge on any atom is 0.243 e. The monoisotopic (exact) mass is 423 g/mol. The molecule has 4 atom stereocenters. The van der Waals surface area contributed by atoms with E-state index in [1.807, 2.05) is 37.3 Å². The molecule has 0 bridgehead atoms. The van der Waals surface area contributed by atoms with Gasteiger partial charge >= 0.3 is 0 Å². The van der Waals surface area contributed by atoms with E-state index in [0.717, 1.165) is 12.0 Å². The highest BCUT2D eigenvalue weighted by Crippen LogP contribution is 2.38. The molecule has 7 heteroatoms. The van der Waals surface area contributed by atoms with E-state index in [0.29, 0.717) is 24.0 Å². The molecule has 146 valence electrons. The Bertz CT molecular complexity index is 843. The van der Waals surface area contributed by atoms with Crippen LogP contribution in [0.4, 0.5) is 0 Å². The summed E-state index contributed by atoms with van der Waals surface area (Å²) in [6, 6.07) is 17.3. The molecule has 1 saturated heterocycles. The molecule has 0 aromatic heterocycles. The summed E-state index contributed by atoms with van der Waals surface area (Å²) in [5, 5.41) is 0. The normalized spacial score (nSPS) is 24.0. The van der Waals surface area contributed by atoms with Crippen molar-refractivity contribution in [2.45, 2.75) is 37.1 Å². The summed E-state index contributed by atoms with van der Waals surface area (Å²) in [6.45, 7) is 4.95. The summed E-state index contributed by atoms with van der Waals surface area (Å²) in [5.41, 5.74) is 2.31. The second-order valence-corrected chi connectivity index (χ2v) is 10.0. The van der Waals surface area contributed by atoms with Gasteiger partial charge in [0.2, 0.25) is 10.0 Å². The molecule has 0 aliphatic carbocycles. The zero-order valence-electron chi connectivity index (χ0n) is 15.6. The van der Waals surface area contributed by atoms with Gasteiger partial charge in [0.05, 0.1) is 17.5 Å². The molecule has 0 saturated carbocycles. The summed E-state index contributed by atoms with van der Waals surface area (Å²) in [5.74, 6) is 0.548. The molecule has 3 rings (SSSR count). The Hall–Kier alpha value is -0.910. The van der Waals surface area contributed by atoms with Crippen LogP contribution in [-0.2, 0) is 14.2 Å². The lowest BCUT2D eigenvalue weighted by Crippen LogP contribution is -2.50. The van der Waals surface area contributed by atoms with Gasteiger partial charge < -0.3 is 4.18 Å². The molecule has 0 N–H and O–H groups in total. The first kappa shape index (κ1) is 20.8. The Labute approximate surface area is 168 Å². The minimum absolute atomic E-state index is 0.189.